The summed E-state index contributed by atoms with van der Waals surface area (Å²) in [5.74, 6) is 0.578. The molecule has 4 nitrogen and oxygen atoms in total. The standard InChI is InChI=1S/C17H27N3O.2ClH/c1-2-16(18)17(21)19-12-14-8-10-20(11-9-14)13-15-6-4-3-5-7-15;;/h3-7,14,16H,2,8-13,18H2,1H3,(H,19,21);2*1H/t16-;;/m0../s1. The average Bonchev–Trinajstić information content (AvgIpc) is 2.54. The summed E-state index contributed by atoms with van der Waals surface area (Å²) in [5.41, 5.74) is 7.09. The molecule has 1 aromatic carbocycles. The van der Waals surface area contributed by atoms with Crippen LogP contribution in [0.2, 0.25) is 0 Å². The Morgan fingerprint density at radius 3 is 2.43 bits per heavy atom. The van der Waals surface area contributed by atoms with E-state index in [4.69, 9.17) is 5.73 Å². The smallest absolute Gasteiger partial charge is 0.236 e. The Kier molecular flexibility index (Phi) is 11.3. The number of nitrogens with two attached hydrogens (primary N) is 1. The molecule has 1 aliphatic heterocycles. The second-order valence-corrected chi connectivity index (χ2v) is 5.97. The fraction of sp³-hybridized carbons (Fsp3) is 0.588. The third-order valence-corrected chi connectivity index (χ3v) is 4.30. The summed E-state index contributed by atoms with van der Waals surface area (Å²) in [5, 5.41) is 2.99. The predicted octanol–water partition coefficient (Wildman–Crippen LogP) is 2.60. The van der Waals surface area contributed by atoms with Gasteiger partial charge in [-0.05, 0) is 43.8 Å². The van der Waals surface area contributed by atoms with Gasteiger partial charge in [-0.2, -0.15) is 0 Å². The lowest BCUT2D eigenvalue weighted by Crippen LogP contribution is -2.44. The minimum atomic E-state index is -0.358. The van der Waals surface area contributed by atoms with Gasteiger partial charge in [-0.1, -0.05) is 37.3 Å². The lowest BCUT2D eigenvalue weighted by Gasteiger charge is -2.32. The van der Waals surface area contributed by atoms with Gasteiger partial charge in [0.15, 0.2) is 0 Å². The number of amides is 1. The van der Waals surface area contributed by atoms with Crippen LogP contribution in [-0.2, 0) is 11.3 Å². The van der Waals surface area contributed by atoms with E-state index in [1.54, 1.807) is 0 Å². The molecule has 0 spiro atoms. The van der Waals surface area contributed by atoms with Crippen LogP contribution in [0, 0.1) is 5.92 Å². The van der Waals surface area contributed by atoms with Crippen molar-refractivity contribution in [3.05, 3.63) is 35.9 Å². The topological polar surface area (TPSA) is 58.4 Å². The molecule has 0 aromatic heterocycles. The molecule has 1 atom stereocenters. The summed E-state index contributed by atoms with van der Waals surface area (Å²) >= 11 is 0. The number of carbonyl (C=O) groups is 1. The van der Waals surface area contributed by atoms with Gasteiger partial charge in [0.2, 0.25) is 5.91 Å². The van der Waals surface area contributed by atoms with Gasteiger partial charge >= 0.3 is 0 Å². The van der Waals surface area contributed by atoms with E-state index < -0.39 is 0 Å². The first kappa shape index (κ1) is 22.2. The quantitative estimate of drug-likeness (QED) is 0.818. The summed E-state index contributed by atoms with van der Waals surface area (Å²) in [4.78, 5) is 14.2. The number of nitrogens with one attached hydrogen (secondary N) is 1. The van der Waals surface area contributed by atoms with Crippen LogP contribution in [0.3, 0.4) is 0 Å². The number of rotatable bonds is 6. The Morgan fingerprint density at radius 2 is 1.87 bits per heavy atom. The second-order valence-electron chi connectivity index (χ2n) is 5.97. The molecule has 132 valence electrons. The summed E-state index contributed by atoms with van der Waals surface area (Å²) < 4.78 is 0. The van der Waals surface area contributed by atoms with Crippen LogP contribution in [0.5, 0.6) is 0 Å². The zero-order chi connectivity index (χ0) is 15.1. The number of hydrogen-bond acceptors (Lipinski definition) is 3. The molecule has 6 heteroatoms. The highest BCUT2D eigenvalue weighted by atomic mass is 35.5. The lowest BCUT2D eigenvalue weighted by molar-refractivity contribution is -0.122. The van der Waals surface area contributed by atoms with Gasteiger partial charge in [0.1, 0.15) is 0 Å². The molecule has 0 aliphatic carbocycles. The van der Waals surface area contributed by atoms with E-state index in [2.05, 4.69) is 40.5 Å². The van der Waals surface area contributed by atoms with E-state index in [0.717, 1.165) is 39.0 Å². The minimum Gasteiger partial charge on any atom is -0.354 e. The Hall–Kier alpha value is -0.810. The van der Waals surface area contributed by atoms with Crippen LogP contribution >= 0.6 is 24.8 Å². The number of hydrogen-bond donors (Lipinski definition) is 2. The summed E-state index contributed by atoms with van der Waals surface area (Å²) in [6.07, 6.45) is 2.99. The monoisotopic (exact) mass is 361 g/mol. The highest BCUT2D eigenvalue weighted by Crippen LogP contribution is 2.18. The molecule has 1 aromatic rings. The number of likely N-dealkylation sites (tertiary alicyclic amines) is 1. The molecule has 1 saturated heterocycles. The summed E-state index contributed by atoms with van der Waals surface area (Å²) in [6.45, 7) is 5.95. The maximum atomic E-state index is 11.7. The number of benzene rings is 1. The van der Waals surface area contributed by atoms with Crippen molar-refractivity contribution in [2.24, 2.45) is 11.7 Å². The maximum absolute atomic E-state index is 11.7. The molecule has 0 saturated carbocycles. The normalized spacial score (nSPS) is 16.8. The number of piperidine rings is 1. The van der Waals surface area contributed by atoms with Gasteiger partial charge in [-0.3, -0.25) is 9.69 Å². The molecule has 0 bridgehead atoms. The molecule has 0 radical (unpaired) electrons. The fourth-order valence-corrected chi connectivity index (χ4v) is 2.75. The van der Waals surface area contributed by atoms with Crippen molar-refractivity contribution in [3.8, 4) is 0 Å². The highest BCUT2D eigenvalue weighted by Gasteiger charge is 2.20. The molecule has 1 heterocycles. The SMILES string of the molecule is CC[C@H](N)C(=O)NCC1CCN(Cc2ccccc2)CC1.Cl.Cl. The number of halogens is 2. The van der Waals surface area contributed by atoms with Crippen molar-refractivity contribution in [2.75, 3.05) is 19.6 Å². The first-order valence-corrected chi connectivity index (χ1v) is 7.98. The maximum Gasteiger partial charge on any atom is 0.236 e. The van der Waals surface area contributed by atoms with Crippen molar-refractivity contribution in [2.45, 2.75) is 38.8 Å². The first-order chi connectivity index (χ1) is 10.2. The van der Waals surface area contributed by atoms with Gasteiger partial charge in [0, 0.05) is 13.1 Å². The van der Waals surface area contributed by atoms with E-state index in [1.807, 2.05) is 6.92 Å². The molecule has 23 heavy (non-hydrogen) atoms. The van der Waals surface area contributed by atoms with Crippen molar-refractivity contribution in [3.63, 3.8) is 0 Å². The molecule has 1 aliphatic rings. The van der Waals surface area contributed by atoms with Crippen LogP contribution in [0.25, 0.3) is 0 Å². The Balaban J connectivity index is 0.00000242. The van der Waals surface area contributed by atoms with Gasteiger partial charge in [0.25, 0.3) is 0 Å². The molecule has 1 amide bonds. The van der Waals surface area contributed by atoms with E-state index in [9.17, 15) is 4.79 Å². The largest absolute Gasteiger partial charge is 0.354 e. The number of carbonyl (C=O) groups excluding carboxylic acids is 1. The minimum absolute atomic E-state index is 0. The van der Waals surface area contributed by atoms with Gasteiger partial charge in [-0.25, -0.2) is 0 Å². The summed E-state index contributed by atoms with van der Waals surface area (Å²) in [7, 11) is 0. The zero-order valence-electron chi connectivity index (χ0n) is 13.7. The first-order valence-electron chi connectivity index (χ1n) is 7.98. The van der Waals surface area contributed by atoms with Crippen molar-refractivity contribution in [1.29, 1.82) is 0 Å². The van der Waals surface area contributed by atoms with E-state index in [1.165, 1.54) is 5.56 Å². The van der Waals surface area contributed by atoms with Crippen LogP contribution in [0.15, 0.2) is 30.3 Å². The van der Waals surface area contributed by atoms with Crippen molar-refractivity contribution < 1.29 is 4.79 Å². The van der Waals surface area contributed by atoms with Crippen LogP contribution in [-0.4, -0.2) is 36.5 Å². The summed E-state index contributed by atoms with van der Waals surface area (Å²) in [6, 6.07) is 10.2. The van der Waals surface area contributed by atoms with Crippen molar-refractivity contribution >= 4 is 30.7 Å². The molecular weight excluding hydrogens is 333 g/mol. The van der Waals surface area contributed by atoms with Gasteiger partial charge in [0.05, 0.1) is 6.04 Å². The Labute approximate surface area is 152 Å². The zero-order valence-corrected chi connectivity index (χ0v) is 15.4. The Bertz CT molecular complexity index is 437. The molecule has 0 unspecified atom stereocenters. The second kappa shape index (κ2) is 11.7. The molecule has 1 fully saturated rings. The Morgan fingerprint density at radius 1 is 1.26 bits per heavy atom. The molecule has 2 rings (SSSR count). The van der Waals surface area contributed by atoms with Gasteiger partial charge in [-0.15, -0.1) is 24.8 Å². The average molecular weight is 362 g/mol. The lowest BCUT2D eigenvalue weighted by atomic mass is 9.96. The van der Waals surface area contributed by atoms with E-state index in [-0.39, 0.29) is 36.8 Å². The highest BCUT2D eigenvalue weighted by molar-refractivity contribution is 5.85. The van der Waals surface area contributed by atoms with Crippen LogP contribution in [0.4, 0.5) is 0 Å². The third kappa shape index (κ3) is 7.53. The number of nitrogens with zero attached hydrogens (tertiary/aromatic N) is 1. The van der Waals surface area contributed by atoms with Crippen LogP contribution in [0.1, 0.15) is 31.7 Å². The predicted molar refractivity (Wildman–Crippen MR) is 100 cm³/mol. The van der Waals surface area contributed by atoms with Crippen molar-refractivity contribution in [1.82, 2.24) is 10.2 Å². The van der Waals surface area contributed by atoms with Crippen LogP contribution < -0.4 is 11.1 Å². The van der Waals surface area contributed by atoms with E-state index >= 15 is 0 Å². The molecule has 3 N–H and O–H groups in total. The van der Waals surface area contributed by atoms with Gasteiger partial charge < -0.3 is 11.1 Å². The molecular formula is C17H29Cl2N3O. The fourth-order valence-electron chi connectivity index (χ4n) is 2.75. The third-order valence-electron chi connectivity index (χ3n) is 4.30. The van der Waals surface area contributed by atoms with E-state index in [0.29, 0.717) is 12.3 Å².